The molecule has 1 unspecified atom stereocenters. The van der Waals surface area contributed by atoms with E-state index in [1.54, 1.807) is 0 Å². The summed E-state index contributed by atoms with van der Waals surface area (Å²) in [5.41, 5.74) is 11.6. The Bertz CT molecular complexity index is 334. The molecule has 1 rings (SSSR count). The molecule has 14 heavy (non-hydrogen) atoms. The summed E-state index contributed by atoms with van der Waals surface area (Å²) in [5, 5.41) is 12.5. The molecule has 6 heteroatoms. The number of rotatable bonds is 4. The van der Waals surface area contributed by atoms with Gasteiger partial charge < -0.3 is 16.6 Å². The van der Waals surface area contributed by atoms with Crippen LogP contribution in [-0.4, -0.2) is 20.9 Å². The predicted molar refractivity (Wildman–Crippen MR) is 52.6 cm³/mol. The number of carboxylic acids is 1. The lowest BCUT2D eigenvalue weighted by atomic mass is 10.2. The highest BCUT2D eigenvalue weighted by atomic mass is 16.4. The number of aliphatic carboxylic acids is 1. The summed E-state index contributed by atoms with van der Waals surface area (Å²) < 4.78 is 1.54. The first-order valence-corrected chi connectivity index (χ1v) is 4.32. The van der Waals surface area contributed by atoms with Gasteiger partial charge in [0.15, 0.2) is 0 Å². The van der Waals surface area contributed by atoms with Crippen LogP contribution >= 0.6 is 0 Å². The third-order valence-electron chi connectivity index (χ3n) is 2.06. The fourth-order valence-electron chi connectivity index (χ4n) is 1.19. The fourth-order valence-corrected chi connectivity index (χ4v) is 1.19. The summed E-state index contributed by atoms with van der Waals surface area (Å²) in [4.78, 5) is 10.3. The van der Waals surface area contributed by atoms with Crippen LogP contribution in [0.1, 0.15) is 25.8 Å². The van der Waals surface area contributed by atoms with Crippen molar-refractivity contribution in [3.05, 3.63) is 6.20 Å². The average molecular weight is 198 g/mol. The summed E-state index contributed by atoms with van der Waals surface area (Å²) >= 11 is 0. The van der Waals surface area contributed by atoms with Crippen molar-refractivity contribution in [2.24, 2.45) is 0 Å². The second-order valence-electron chi connectivity index (χ2n) is 3.21. The van der Waals surface area contributed by atoms with Gasteiger partial charge in [0.25, 0.3) is 0 Å². The molecule has 1 atom stereocenters. The smallest absolute Gasteiger partial charge is 0.303 e. The second-order valence-corrected chi connectivity index (χ2v) is 3.21. The van der Waals surface area contributed by atoms with E-state index in [0.717, 1.165) is 0 Å². The highest BCUT2D eigenvalue weighted by molar-refractivity contribution is 5.66. The quantitative estimate of drug-likeness (QED) is 0.652. The Morgan fingerprint density at radius 2 is 2.36 bits per heavy atom. The first kappa shape index (κ1) is 10.4. The molecule has 0 aliphatic rings. The molecule has 0 aliphatic carbocycles. The van der Waals surface area contributed by atoms with E-state index in [-0.39, 0.29) is 12.5 Å². The molecule has 0 amide bonds. The van der Waals surface area contributed by atoms with Gasteiger partial charge in [0.1, 0.15) is 5.82 Å². The molecule has 1 aromatic heterocycles. The predicted octanol–water partition coefficient (Wildman–Crippen LogP) is 0.473. The molecule has 0 spiro atoms. The second kappa shape index (κ2) is 3.99. The Hall–Kier alpha value is -1.72. The van der Waals surface area contributed by atoms with E-state index in [9.17, 15) is 4.79 Å². The van der Waals surface area contributed by atoms with E-state index in [2.05, 4.69) is 5.10 Å². The molecule has 5 N–H and O–H groups in total. The molecule has 0 saturated carbocycles. The number of anilines is 2. The maximum Gasteiger partial charge on any atom is 0.303 e. The lowest BCUT2D eigenvalue weighted by Crippen LogP contribution is -2.12. The number of nitrogens with two attached hydrogens (primary N) is 2. The van der Waals surface area contributed by atoms with E-state index in [0.29, 0.717) is 17.9 Å². The normalized spacial score (nSPS) is 12.6. The molecular formula is C8H14N4O2. The van der Waals surface area contributed by atoms with Crippen molar-refractivity contribution in [2.75, 3.05) is 11.5 Å². The minimum absolute atomic E-state index is 0.0524. The van der Waals surface area contributed by atoms with Gasteiger partial charge in [-0.3, -0.25) is 4.79 Å². The van der Waals surface area contributed by atoms with Gasteiger partial charge in [0, 0.05) is 6.42 Å². The topological polar surface area (TPSA) is 107 Å². The van der Waals surface area contributed by atoms with Crippen LogP contribution in [0.5, 0.6) is 0 Å². The van der Waals surface area contributed by atoms with Crippen molar-refractivity contribution in [2.45, 2.75) is 25.8 Å². The minimum atomic E-state index is -0.824. The van der Waals surface area contributed by atoms with E-state index in [4.69, 9.17) is 16.6 Å². The largest absolute Gasteiger partial charge is 0.481 e. The van der Waals surface area contributed by atoms with Crippen molar-refractivity contribution in [3.8, 4) is 0 Å². The Morgan fingerprint density at radius 3 is 2.79 bits per heavy atom. The van der Waals surface area contributed by atoms with Crippen LogP contribution in [0.25, 0.3) is 0 Å². The lowest BCUT2D eigenvalue weighted by molar-refractivity contribution is -0.137. The van der Waals surface area contributed by atoms with Gasteiger partial charge in [0.2, 0.25) is 0 Å². The fraction of sp³-hybridized carbons (Fsp3) is 0.500. The summed E-state index contributed by atoms with van der Waals surface area (Å²) in [6, 6.07) is -0.0524. The molecule has 0 radical (unpaired) electrons. The van der Waals surface area contributed by atoms with Gasteiger partial charge in [-0.2, -0.15) is 5.10 Å². The summed E-state index contributed by atoms with van der Waals surface area (Å²) in [6.45, 7) is 1.85. The zero-order chi connectivity index (χ0) is 10.7. The molecule has 0 aromatic carbocycles. The number of hydrogen-bond acceptors (Lipinski definition) is 4. The SMILES string of the molecule is CC(CCC(=O)O)n1ncc(N)c1N. The minimum Gasteiger partial charge on any atom is -0.481 e. The number of nitrogens with zero attached hydrogens (tertiary/aromatic N) is 2. The van der Waals surface area contributed by atoms with Crippen LogP contribution < -0.4 is 11.5 Å². The molecule has 0 aliphatic heterocycles. The third kappa shape index (κ3) is 2.15. The molecular weight excluding hydrogens is 184 g/mol. The highest BCUT2D eigenvalue weighted by Crippen LogP contribution is 2.20. The lowest BCUT2D eigenvalue weighted by Gasteiger charge is -2.12. The van der Waals surface area contributed by atoms with Gasteiger partial charge in [-0.1, -0.05) is 0 Å². The molecule has 6 nitrogen and oxygen atoms in total. The molecule has 78 valence electrons. The number of carboxylic acid groups (broad SMARTS) is 1. The van der Waals surface area contributed by atoms with Crippen LogP contribution in [0.15, 0.2) is 6.20 Å². The highest BCUT2D eigenvalue weighted by Gasteiger charge is 2.12. The monoisotopic (exact) mass is 198 g/mol. The zero-order valence-corrected chi connectivity index (χ0v) is 7.97. The van der Waals surface area contributed by atoms with Crippen molar-refractivity contribution >= 4 is 17.5 Å². The van der Waals surface area contributed by atoms with Gasteiger partial charge in [0.05, 0.1) is 17.9 Å². The van der Waals surface area contributed by atoms with Crippen molar-refractivity contribution in [1.29, 1.82) is 0 Å². The number of aromatic nitrogens is 2. The average Bonchev–Trinajstić information content (AvgIpc) is 2.44. The van der Waals surface area contributed by atoms with Crippen molar-refractivity contribution in [1.82, 2.24) is 9.78 Å². The maximum atomic E-state index is 10.3. The van der Waals surface area contributed by atoms with E-state index in [1.807, 2.05) is 6.92 Å². The summed E-state index contributed by atoms with van der Waals surface area (Å²) in [5.74, 6) is -0.432. The number of nitrogen functional groups attached to an aromatic ring is 2. The van der Waals surface area contributed by atoms with Gasteiger partial charge in [-0.25, -0.2) is 4.68 Å². The Balaban J connectivity index is 2.65. The van der Waals surface area contributed by atoms with Crippen LogP contribution in [0, 0.1) is 0 Å². The third-order valence-corrected chi connectivity index (χ3v) is 2.06. The van der Waals surface area contributed by atoms with E-state index in [1.165, 1.54) is 10.9 Å². The van der Waals surface area contributed by atoms with Crippen LogP contribution in [-0.2, 0) is 4.79 Å². The van der Waals surface area contributed by atoms with Gasteiger partial charge >= 0.3 is 5.97 Å². The Kier molecular flexibility index (Phi) is 2.95. The molecule has 0 saturated heterocycles. The van der Waals surface area contributed by atoms with Crippen molar-refractivity contribution < 1.29 is 9.90 Å². The van der Waals surface area contributed by atoms with Gasteiger partial charge in [-0.05, 0) is 13.3 Å². The number of hydrogen-bond donors (Lipinski definition) is 3. The number of carbonyl (C=O) groups is 1. The summed E-state index contributed by atoms with van der Waals surface area (Å²) in [7, 11) is 0. The molecule has 0 fully saturated rings. The van der Waals surface area contributed by atoms with E-state index < -0.39 is 5.97 Å². The summed E-state index contributed by atoms with van der Waals surface area (Å²) in [6.07, 6.45) is 2.05. The standard InChI is InChI=1S/C8H14N4O2/c1-5(2-3-7(13)14)12-8(10)6(9)4-11-12/h4-5H,2-3,9-10H2,1H3,(H,13,14). The maximum absolute atomic E-state index is 10.3. The van der Waals surface area contributed by atoms with Crippen LogP contribution in [0.4, 0.5) is 11.5 Å². The van der Waals surface area contributed by atoms with E-state index >= 15 is 0 Å². The Morgan fingerprint density at radius 1 is 1.71 bits per heavy atom. The first-order chi connectivity index (χ1) is 6.52. The molecule has 1 heterocycles. The molecule has 1 aromatic rings. The van der Waals surface area contributed by atoms with Crippen LogP contribution in [0.2, 0.25) is 0 Å². The van der Waals surface area contributed by atoms with Gasteiger partial charge in [-0.15, -0.1) is 0 Å². The zero-order valence-electron chi connectivity index (χ0n) is 7.97. The molecule has 0 bridgehead atoms. The Labute approximate surface area is 81.5 Å². The first-order valence-electron chi connectivity index (χ1n) is 4.32. The van der Waals surface area contributed by atoms with Crippen LogP contribution in [0.3, 0.4) is 0 Å². The van der Waals surface area contributed by atoms with Crippen molar-refractivity contribution in [3.63, 3.8) is 0 Å².